The number of thiophene rings is 1. The molecule has 0 saturated carbocycles. The monoisotopic (exact) mass is 452 g/mol. The molecule has 4 rings (SSSR count). The summed E-state index contributed by atoms with van der Waals surface area (Å²) in [4.78, 5) is 26.7. The quantitative estimate of drug-likeness (QED) is 0.264. The molecule has 2 heterocycles. The highest BCUT2D eigenvalue weighted by Crippen LogP contribution is 2.31. The minimum atomic E-state index is -0.876. The van der Waals surface area contributed by atoms with Gasteiger partial charge < -0.3 is 4.74 Å². The van der Waals surface area contributed by atoms with Crippen LogP contribution in [0.1, 0.15) is 45.1 Å². The summed E-state index contributed by atoms with van der Waals surface area (Å²) in [6.07, 6.45) is 0.0247. The molecule has 1 atom stereocenters. The van der Waals surface area contributed by atoms with Crippen LogP contribution < -0.4 is 0 Å². The third-order valence-corrected chi connectivity index (χ3v) is 6.46. The second-order valence-electron chi connectivity index (χ2n) is 7.27. The Morgan fingerprint density at radius 2 is 1.81 bits per heavy atom. The first-order chi connectivity index (χ1) is 14.9. The number of rotatable bonds is 6. The number of halogens is 1. The van der Waals surface area contributed by atoms with E-state index in [0.29, 0.717) is 15.5 Å². The number of aromatic nitrogens is 2. The largest absolute Gasteiger partial charge is 0.450 e. The van der Waals surface area contributed by atoms with Crippen molar-refractivity contribution < 1.29 is 14.3 Å². The summed E-state index contributed by atoms with van der Waals surface area (Å²) in [5.74, 6) is -0.741. The van der Waals surface area contributed by atoms with Gasteiger partial charge in [-0.3, -0.25) is 4.79 Å². The molecule has 0 bridgehead atoms. The predicted octanol–water partition coefficient (Wildman–Crippen LogP) is 6.04. The fraction of sp³-hybridized carbons (Fsp3) is 0.208. The Labute approximate surface area is 189 Å². The lowest BCUT2D eigenvalue weighted by Gasteiger charge is -2.12. The number of fused-ring (bicyclic) bond motifs is 1. The highest BCUT2D eigenvalue weighted by molar-refractivity contribution is 7.20. The SMILES string of the molecule is CCc1ccc(C(=O)C(C)OC(=O)c2cc3c(C)nn(-c4ccc(Cl)cc4)c3s2)cc1. The molecule has 0 amide bonds. The number of hydrogen-bond donors (Lipinski definition) is 0. The highest BCUT2D eigenvalue weighted by Gasteiger charge is 2.23. The van der Waals surface area contributed by atoms with Gasteiger partial charge in [-0.25, -0.2) is 9.48 Å². The van der Waals surface area contributed by atoms with Gasteiger partial charge in [0, 0.05) is 16.0 Å². The number of ether oxygens (including phenoxy) is 1. The third-order valence-electron chi connectivity index (χ3n) is 5.12. The molecule has 31 heavy (non-hydrogen) atoms. The normalized spacial score (nSPS) is 12.1. The molecule has 1 unspecified atom stereocenters. The Hall–Kier alpha value is -2.96. The van der Waals surface area contributed by atoms with E-state index in [9.17, 15) is 9.59 Å². The van der Waals surface area contributed by atoms with Crippen LogP contribution in [0.15, 0.2) is 54.6 Å². The van der Waals surface area contributed by atoms with Gasteiger partial charge in [0.15, 0.2) is 6.10 Å². The molecule has 4 aromatic rings. The van der Waals surface area contributed by atoms with Crippen LogP contribution in [0, 0.1) is 6.92 Å². The number of nitrogens with zero attached hydrogens (tertiary/aromatic N) is 2. The van der Waals surface area contributed by atoms with E-state index in [1.807, 2.05) is 31.2 Å². The second-order valence-corrected chi connectivity index (χ2v) is 8.73. The molecule has 0 saturated heterocycles. The van der Waals surface area contributed by atoms with Crippen molar-refractivity contribution in [2.45, 2.75) is 33.3 Å². The lowest BCUT2D eigenvalue weighted by molar-refractivity contribution is 0.0323. The van der Waals surface area contributed by atoms with Gasteiger partial charge in [-0.2, -0.15) is 5.10 Å². The highest BCUT2D eigenvalue weighted by atomic mass is 35.5. The van der Waals surface area contributed by atoms with Crippen molar-refractivity contribution in [3.8, 4) is 5.69 Å². The maximum absolute atomic E-state index is 12.8. The standard InChI is InChI=1S/C24H21ClN2O3S/c1-4-16-5-7-17(8-6-16)22(28)15(3)30-24(29)21-13-20-14(2)26-27(23(20)31-21)19-11-9-18(25)10-12-19/h5-13,15H,4H2,1-3H3. The number of aryl methyl sites for hydroxylation is 2. The number of esters is 1. The summed E-state index contributed by atoms with van der Waals surface area (Å²) >= 11 is 7.27. The molecular weight excluding hydrogens is 432 g/mol. The molecule has 0 aliphatic rings. The number of ketones is 1. The van der Waals surface area contributed by atoms with Gasteiger partial charge in [0.25, 0.3) is 0 Å². The van der Waals surface area contributed by atoms with Gasteiger partial charge in [-0.15, -0.1) is 11.3 Å². The second kappa shape index (κ2) is 8.65. The van der Waals surface area contributed by atoms with Crippen LogP contribution in [0.3, 0.4) is 0 Å². The van der Waals surface area contributed by atoms with Gasteiger partial charge in [0.2, 0.25) is 5.78 Å². The van der Waals surface area contributed by atoms with Gasteiger partial charge >= 0.3 is 5.97 Å². The van der Waals surface area contributed by atoms with E-state index < -0.39 is 12.1 Å². The van der Waals surface area contributed by atoms with Gasteiger partial charge in [-0.1, -0.05) is 42.8 Å². The van der Waals surface area contributed by atoms with Crippen molar-refractivity contribution in [1.29, 1.82) is 0 Å². The van der Waals surface area contributed by atoms with Crippen molar-refractivity contribution in [3.63, 3.8) is 0 Å². The van der Waals surface area contributed by atoms with Crippen LogP contribution in [-0.2, 0) is 11.2 Å². The zero-order valence-electron chi connectivity index (χ0n) is 17.4. The van der Waals surface area contributed by atoms with Crippen LogP contribution in [0.2, 0.25) is 5.02 Å². The Morgan fingerprint density at radius 1 is 1.13 bits per heavy atom. The van der Waals surface area contributed by atoms with E-state index in [4.69, 9.17) is 16.3 Å². The first-order valence-electron chi connectivity index (χ1n) is 9.96. The molecule has 0 aliphatic carbocycles. The molecule has 2 aromatic heterocycles. The minimum Gasteiger partial charge on any atom is -0.450 e. The van der Waals surface area contributed by atoms with E-state index >= 15 is 0 Å². The summed E-state index contributed by atoms with van der Waals surface area (Å²) in [6.45, 7) is 5.55. The van der Waals surface area contributed by atoms with Gasteiger partial charge in [-0.05, 0) is 56.2 Å². The maximum Gasteiger partial charge on any atom is 0.349 e. The topological polar surface area (TPSA) is 61.2 Å². The summed E-state index contributed by atoms with van der Waals surface area (Å²) < 4.78 is 7.27. The molecule has 0 radical (unpaired) electrons. The predicted molar refractivity (Wildman–Crippen MR) is 124 cm³/mol. The molecule has 2 aromatic carbocycles. The number of carbonyl (C=O) groups excluding carboxylic acids is 2. The fourth-order valence-corrected chi connectivity index (χ4v) is 4.51. The van der Waals surface area contributed by atoms with Crippen molar-refractivity contribution in [1.82, 2.24) is 9.78 Å². The zero-order valence-corrected chi connectivity index (χ0v) is 19.0. The van der Waals surface area contributed by atoms with E-state index in [0.717, 1.165) is 33.6 Å². The minimum absolute atomic E-state index is 0.222. The van der Waals surface area contributed by atoms with Crippen LogP contribution in [0.5, 0.6) is 0 Å². The average Bonchev–Trinajstić information content (AvgIpc) is 3.34. The molecule has 0 aliphatic heterocycles. The molecule has 158 valence electrons. The number of hydrogen-bond acceptors (Lipinski definition) is 5. The molecular formula is C24H21ClN2O3S. The lowest BCUT2D eigenvalue weighted by atomic mass is 10.0. The van der Waals surface area contributed by atoms with E-state index in [-0.39, 0.29) is 5.78 Å². The molecule has 5 nitrogen and oxygen atoms in total. The van der Waals surface area contributed by atoms with Crippen molar-refractivity contribution in [2.75, 3.05) is 0 Å². The number of benzene rings is 2. The third kappa shape index (κ3) is 4.27. The summed E-state index contributed by atoms with van der Waals surface area (Å²) in [5.41, 5.74) is 3.34. The number of Topliss-reactive ketones (excluding diaryl/α,β-unsaturated/α-hetero) is 1. The van der Waals surface area contributed by atoms with Crippen molar-refractivity contribution in [2.24, 2.45) is 0 Å². The van der Waals surface area contributed by atoms with Gasteiger partial charge in [0.1, 0.15) is 9.71 Å². The van der Waals surface area contributed by atoms with Crippen LogP contribution in [0.4, 0.5) is 0 Å². The fourth-order valence-electron chi connectivity index (χ4n) is 3.32. The molecule has 7 heteroatoms. The van der Waals surface area contributed by atoms with Crippen molar-refractivity contribution in [3.05, 3.63) is 81.3 Å². The Kier molecular flexibility index (Phi) is 5.94. The summed E-state index contributed by atoms with van der Waals surface area (Å²) in [5, 5.41) is 6.09. The zero-order chi connectivity index (χ0) is 22.1. The Morgan fingerprint density at radius 3 is 2.45 bits per heavy atom. The molecule has 0 spiro atoms. The lowest BCUT2D eigenvalue weighted by Crippen LogP contribution is -2.24. The number of carbonyl (C=O) groups is 2. The summed E-state index contributed by atoms with van der Waals surface area (Å²) in [6, 6.07) is 16.5. The first kappa shape index (κ1) is 21.3. The van der Waals surface area contributed by atoms with E-state index in [1.54, 1.807) is 41.9 Å². The van der Waals surface area contributed by atoms with Gasteiger partial charge in [0.05, 0.1) is 11.4 Å². The Bertz CT molecular complexity index is 1260. The van der Waals surface area contributed by atoms with Crippen LogP contribution in [-0.4, -0.2) is 27.6 Å². The molecule has 0 fully saturated rings. The van der Waals surface area contributed by atoms with Crippen LogP contribution >= 0.6 is 22.9 Å². The Balaban J connectivity index is 1.55. The molecule has 0 N–H and O–H groups in total. The summed E-state index contributed by atoms with van der Waals surface area (Å²) in [7, 11) is 0. The van der Waals surface area contributed by atoms with E-state index in [2.05, 4.69) is 12.0 Å². The van der Waals surface area contributed by atoms with Crippen LogP contribution in [0.25, 0.3) is 15.9 Å². The smallest absolute Gasteiger partial charge is 0.349 e. The first-order valence-corrected chi connectivity index (χ1v) is 11.2. The average molecular weight is 453 g/mol. The van der Waals surface area contributed by atoms with Crippen molar-refractivity contribution >= 4 is 44.9 Å². The van der Waals surface area contributed by atoms with E-state index in [1.165, 1.54) is 11.3 Å². The maximum atomic E-state index is 12.8.